The Hall–Kier alpha value is -3.59. The minimum atomic E-state index is -3.93. The highest BCUT2D eigenvalue weighted by Gasteiger charge is 2.21. The Morgan fingerprint density at radius 3 is 2.48 bits per heavy atom. The van der Waals surface area contributed by atoms with E-state index < -0.39 is 22.0 Å². The van der Waals surface area contributed by atoms with Crippen LogP contribution in [-0.4, -0.2) is 27.5 Å². The molecule has 2 aromatic carbocycles. The first-order valence-corrected chi connectivity index (χ1v) is 10.7. The lowest BCUT2D eigenvalue weighted by Crippen LogP contribution is -2.17. The van der Waals surface area contributed by atoms with Gasteiger partial charge in [0.25, 0.3) is 10.0 Å². The fourth-order valence-corrected chi connectivity index (χ4v) is 4.24. The van der Waals surface area contributed by atoms with E-state index in [1.807, 2.05) is 6.07 Å². The Morgan fingerprint density at radius 1 is 1.00 bits per heavy atom. The molecular weight excluding hydrogens is 422 g/mol. The largest absolute Gasteiger partial charge is 0.463 e. The highest BCUT2D eigenvalue weighted by Crippen LogP contribution is 2.24. The fraction of sp³-hybridized carbons (Fsp3) is 0.182. The van der Waals surface area contributed by atoms with Crippen molar-refractivity contribution in [1.82, 2.24) is 0 Å². The highest BCUT2D eigenvalue weighted by molar-refractivity contribution is 7.92. The number of nitrogens with one attached hydrogen (secondary N) is 1. The van der Waals surface area contributed by atoms with E-state index in [2.05, 4.69) is 9.46 Å². The maximum atomic E-state index is 12.9. The highest BCUT2D eigenvalue weighted by atomic mass is 32.2. The number of methoxy groups -OCH3 is 1. The molecule has 0 atom stereocenters. The van der Waals surface area contributed by atoms with Crippen molar-refractivity contribution in [2.24, 2.45) is 0 Å². The zero-order valence-electron chi connectivity index (χ0n) is 17.2. The van der Waals surface area contributed by atoms with Crippen LogP contribution in [0.5, 0.6) is 0 Å². The predicted octanol–water partition coefficient (Wildman–Crippen LogP) is 3.84. The summed E-state index contributed by atoms with van der Waals surface area (Å²) in [5.74, 6) is -1.18. The second kappa shape index (κ2) is 9.05. The summed E-state index contributed by atoms with van der Waals surface area (Å²) in [5.41, 5.74) is 1.50. The molecule has 0 fully saturated rings. The standard InChI is InChI=1S/C22H21NO7S/c1-14-8-9-15(2)20(12-14)31(26,27)23-18-7-5-4-6-17(18)21(24)29-13-16-10-11-19(30-16)22(25)28-3/h4-12,23H,13H2,1-3H3. The maximum absolute atomic E-state index is 12.9. The van der Waals surface area contributed by atoms with Gasteiger partial charge in [0.05, 0.1) is 23.3 Å². The molecule has 0 unspecified atom stereocenters. The van der Waals surface area contributed by atoms with E-state index >= 15 is 0 Å². The van der Waals surface area contributed by atoms with E-state index in [-0.39, 0.29) is 34.3 Å². The summed E-state index contributed by atoms with van der Waals surface area (Å²) < 4.78 is 43.3. The van der Waals surface area contributed by atoms with Crippen LogP contribution in [0.1, 0.15) is 37.8 Å². The van der Waals surface area contributed by atoms with E-state index in [1.54, 1.807) is 38.1 Å². The summed E-state index contributed by atoms with van der Waals surface area (Å²) in [6.07, 6.45) is 0. The molecule has 0 saturated carbocycles. The van der Waals surface area contributed by atoms with Gasteiger partial charge in [-0.3, -0.25) is 4.72 Å². The number of aryl methyl sites for hydroxylation is 2. The molecule has 162 valence electrons. The van der Waals surface area contributed by atoms with Crippen LogP contribution in [-0.2, 0) is 26.1 Å². The topological polar surface area (TPSA) is 112 Å². The third-order valence-electron chi connectivity index (χ3n) is 4.42. The third-order valence-corrected chi connectivity index (χ3v) is 5.93. The van der Waals surface area contributed by atoms with Gasteiger partial charge in [0, 0.05) is 0 Å². The van der Waals surface area contributed by atoms with Crippen LogP contribution in [0.15, 0.2) is 63.9 Å². The van der Waals surface area contributed by atoms with Crippen molar-refractivity contribution in [3.8, 4) is 0 Å². The zero-order chi connectivity index (χ0) is 22.6. The van der Waals surface area contributed by atoms with Crippen LogP contribution < -0.4 is 4.72 Å². The van der Waals surface area contributed by atoms with Crippen molar-refractivity contribution in [3.63, 3.8) is 0 Å². The average Bonchev–Trinajstić information content (AvgIpc) is 3.22. The van der Waals surface area contributed by atoms with Gasteiger partial charge in [0.2, 0.25) is 5.76 Å². The van der Waals surface area contributed by atoms with E-state index in [0.29, 0.717) is 5.56 Å². The first kappa shape index (κ1) is 22.1. The van der Waals surface area contributed by atoms with Crippen molar-refractivity contribution in [3.05, 3.63) is 82.8 Å². The van der Waals surface area contributed by atoms with Crippen LogP contribution in [0.3, 0.4) is 0 Å². The number of rotatable bonds is 7. The van der Waals surface area contributed by atoms with Crippen molar-refractivity contribution >= 4 is 27.6 Å². The van der Waals surface area contributed by atoms with Crippen LogP contribution in [0.2, 0.25) is 0 Å². The molecule has 8 nitrogen and oxygen atoms in total. The molecule has 1 N–H and O–H groups in total. The Bertz CT molecular complexity index is 1230. The molecule has 3 aromatic rings. The summed E-state index contributed by atoms with van der Waals surface area (Å²) in [6, 6.07) is 14.1. The van der Waals surface area contributed by atoms with Crippen LogP contribution in [0.25, 0.3) is 0 Å². The second-order valence-corrected chi connectivity index (χ2v) is 8.40. The number of esters is 2. The quantitative estimate of drug-likeness (QED) is 0.552. The summed E-state index contributed by atoms with van der Waals surface area (Å²) >= 11 is 0. The Morgan fingerprint density at radius 2 is 1.74 bits per heavy atom. The van der Waals surface area contributed by atoms with Gasteiger partial charge in [-0.2, -0.15) is 0 Å². The van der Waals surface area contributed by atoms with Gasteiger partial charge in [-0.05, 0) is 55.3 Å². The minimum absolute atomic E-state index is 0.0183. The minimum Gasteiger partial charge on any atom is -0.463 e. The van der Waals surface area contributed by atoms with Gasteiger partial charge < -0.3 is 13.9 Å². The van der Waals surface area contributed by atoms with Crippen molar-refractivity contribution < 1.29 is 31.9 Å². The molecule has 1 heterocycles. The lowest BCUT2D eigenvalue weighted by molar-refractivity contribution is 0.0439. The molecule has 0 aliphatic rings. The first-order chi connectivity index (χ1) is 14.7. The number of benzene rings is 2. The number of hydrogen-bond acceptors (Lipinski definition) is 7. The van der Waals surface area contributed by atoms with Gasteiger partial charge in [0.15, 0.2) is 0 Å². The van der Waals surface area contributed by atoms with Gasteiger partial charge in [0.1, 0.15) is 12.4 Å². The van der Waals surface area contributed by atoms with E-state index in [4.69, 9.17) is 9.15 Å². The summed E-state index contributed by atoms with van der Waals surface area (Å²) in [6.45, 7) is 3.25. The summed E-state index contributed by atoms with van der Waals surface area (Å²) in [5, 5.41) is 0. The second-order valence-electron chi connectivity index (χ2n) is 6.75. The van der Waals surface area contributed by atoms with Crippen LogP contribution in [0, 0.1) is 13.8 Å². The van der Waals surface area contributed by atoms with Gasteiger partial charge in [-0.25, -0.2) is 18.0 Å². The van der Waals surface area contributed by atoms with E-state index in [1.165, 1.54) is 31.4 Å². The monoisotopic (exact) mass is 443 g/mol. The van der Waals surface area contributed by atoms with Crippen LogP contribution >= 0.6 is 0 Å². The molecule has 0 aliphatic carbocycles. The molecule has 0 amide bonds. The molecule has 0 radical (unpaired) electrons. The zero-order valence-corrected chi connectivity index (χ0v) is 18.0. The molecule has 31 heavy (non-hydrogen) atoms. The molecule has 3 rings (SSSR count). The summed E-state index contributed by atoms with van der Waals surface area (Å²) in [4.78, 5) is 24.2. The molecule has 0 aliphatic heterocycles. The molecular formula is C22H21NO7S. The first-order valence-electron chi connectivity index (χ1n) is 9.24. The predicted molar refractivity (Wildman–Crippen MR) is 112 cm³/mol. The molecule has 1 aromatic heterocycles. The SMILES string of the molecule is COC(=O)c1ccc(COC(=O)c2ccccc2NS(=O)(=O)c2cc(C)ccc2C)o1. The maximum Gasteiger partial charge on any atom is 0.373 e. The summed E-state index contributed by atoms with van der Waals surface area (Å²) in [7, 11) is -2.70. The number of anilines is 1. The smallest absolute Gasteiger partial charge is 0.373 e. The van der Waals surface area contributed by atoms with Crippen LogP contribution in [0.4, 0.5) is 5.69 Å². The lowest BCUT2D eigenvalue weighted by atomic mass is 10.2. The van der Waals surface area contributed by atoms with Crippen molar-refractivity contribution in [2.45, 2.75) is 25.3 Å². The Balaban J connectivity index is 1.78. The number of ether oxygens (including phenoxy) is 2. The van der Waals surface area contributed by atoms with Crippen molar-refractivity contribution in [1.29, 1.82) is 0 Å². The van der Waals surface area contributed by atoms with Gasteiger partial charge in [-0.1, -0.05) is 24.3 Å². The Labute approximate surface area is 179 Å². The number of carbonyl (C=O) groups is 2. The van der Waals surface area contributed by atoms with Gasteiger partial charge >= 0.3 is 11.9 Å². The molecule has 9 heteroatoms. The third kappa shape index (κ3) is 5.13. The molecule has 0 spiro atoms. The molecule has 0 saturated heterocycles. The van der Waals surface area contributed by atoms with Gasteiger partial charge in [-0.15, -0.1) is 0 Å². The number of para-hydroxylation sites is 1. The lowest BCUT2D eigenvalue weighted by Gasteiger charge is -2.14. The fourth-order valence-electron chi connectivity index (χ4n) is 2.83. The number of carbonyl (C=O) groups excluding carboxylic acids is 2. The number of hydrogen-bond donors (Lipinski definition) is 1. The molecule has 0 bridgehead atoms. The van der Waals surface area contributed by atoms with E-state index in [0.717, 1.165) is 5.56 Å². The number of furan rings is 1. The van der Waals surface area contributed by atoms with Crippen molar-refractivity contribution in [2.75, 3.05) is 11.8 Å². The average molecular weight is 443 g/mol. The normalized spacial score (nSPS) is 11.1. The Kier molecular flexibility index (Phi) is 6.45. The van der Waals surface area contributed by atoms with E-state index in [9.17, 15) is 18.0 Å². The number of sulfonamides is 1.